The second-order valence-corrected chi connectivity index (χ2v) is 6.28. The first-order chi connectivity index (χ1) is 6.11. The molecule has 0 aliphatic rings. The van der Waals surface area contributed by atoms with Crippen molar-refractivity contribution < 1.29 is 5.11 Å². The maximum Gasteiger partial charge on any atom is 0.0899 e. The summed E-state index contributed by atoms with van der Waals surface area (Å²) in [5, 5.41) is 14.4. The van der Waals surface area contributed by atoms with Crippen LogP contribution in [0.25, 0.3) is 0 Å². The van der Waals surface area contributed by atoms with Gasteiger partial charge < -0.3 is 5.11 Å². The first kappa shape index (κ1) is 11.6. The topological polar surface area (TPSA) is 20.2 Å². The Kier molecular flexibility index (Phi) is 4.80. The molecule has 13 heavy (non-hydrogen) atoms. The van der Waals surface area contributed by atoms with Gasteiger partial charge in [-0.25, -0.2) is 0 Å². The van der Waals surface area contributed by atoms with E-state index in [-0.39, 0.29) is 6.10 Å². The van der Waals surface area contributed by atoms with Crippen LogP contribution in [-0.4, -0.2) is 16.1 Å². The Morgan fingerprint density at radius 2 is 2.23 bits per heavy atom. The third-order valence-corrected chi connectivity index (χ3v) is 4.52. The summed E-state index contributed by atoms with van der Waals surface area (Å²) in [6.07, 6.45) is -0.340. The van der Waals surface area contributed by atoms with Crippen LogP contribution >= 0.6 is 39.0 Å². The zero-order chi connectivity index (χ0) is 9.84. The molecule has 1 N–H and O–H groups in total. The van der Waals surface area contributed by atoms with Crippen LogP contribution in [-0.2, 0) is 0 Å². The van der Waals surface area contributed by atoms with Gasteiger partial charge in [0.1, 0.15) is 0 Å². The van der Waals surface area contributed by atoms with Crippen LogP contribution in [0, 0.1) is 0 Å². The van der Waals surface area contributed by atoms with E-state index in [9.17, 15) is 5.11 Å². The highest BCUT2D eigenvalue weighted by Gasteiger charge is 2.12. The molecule has 0 saturated heterocycles. The zero-order valence-corrected chi connectivity index (χ0v) is 10.9. The Morgan fingerprint density at radius 1 is 1.54 bits per heavy atom. The lowest BCUT2D eigenvalue weighted by molar-refractivity contribution is 0.204. The predicted molar refractivity (Wildman–Crippen MR) is 64.6 cm³/mol. The van der Waals surface area contributed by atoms with Gasteiger partial charge in [0.15, 0.2) is 0 Å². The van der Waals surface area contributed by atoms with Gasteiger partial charge in [-0.2, -0.15) is 23.1 Å². The van der Waals surface area contributed by atoms with E-state index in [1.807, 2.05) is 10.8 Å². The summed E-state index contributed by atoms with van der Waals surface area (Å²) < 4.78 is 1.02. The molecule has 1 atom stereocenters. The average Bonchev–Trinajstić information content (AvgIpc) is 2.47. The minimum Gasteiger partial charge on any atom is -0.387 e. The lowest BCUT2D eigenvalue weighted by atomic mass is 10.2. The average molecular weight is 281 g/mol. The molecular formula is C9H13BrOS2. The molecule has 1 unspecified atom stereocenters. The molecule has 1 heterocycles. The number of aliphatic hydroxyl groups is 1. The van der Waals surface area contributed by atoms with Gasteiger partial charge in [0.2, 0.25) is 0 Å². The standard InChI is InChI=1S/C9H13BrOS2/c1-6(2)13-5-9(11)7-3-12-4-8(7)10/h3-4,6,9,11H,5H2,1-2H3. The molecule has 0 bridgehead atoms. The summed E-state index contributed by atoms with van der Waals surface area (Å²) in [7, 11) is 0. The summed E-state index contributed by atoms with van der Waals surface area (Å²) in [5.41, 5.74) is 1.01. The predicted octanol–water partition coefficient (Wildman–Crippen LogP) is 3.69. The molecule has 0 fully saturated rings. The summed E-state index contributed by atoms with van der Waals surface area (Å²) in [6, 6.07) is 0. The van der Waals surface area contributed by atoms with Crippen LogP contribution in [0.1, 0.15) is 25.5 Å². The first-order valence-corrected chi connectivity index (χ1v) is 6.91. The quantitative estimate of drug-likeness (QED) is 0.908. The Bertz CT molecular complexity index is 260. The Morgan fingerprint density at radius 3 is 2.69 bits per heavy atom. The number of hydrogen-bond acceptors (Lipinski definition) is 3. The SMILES string of the molecule is CC(C)SCC(O)c1cscc1Br. The van der Waals surface area contributed by atoms with Crippen molar-refractivity contribution in [2.24, 2.45) is 0 Å². The molecule has 1 aromatic heterocycles. The van der Waals surface area contributed by atoms with Crippen LogP contribution in [0.2, 0.25) is 0 Å². The molecule has 4 heteroatoms. The smallest absolute Gasteiger partial charge is 0.0899 e. The van der Waals surface area contributed by atoms with Crippen molar-refractivity contribution >= 4 is 39.0 Å². The summed E-state index contributed by atoms with van der Waals surface area (Å²) >= 11 is 6.81. The van der Waals surface area contributed by atoms with E-state index in [0.717, 1.165) is 15.8 Å². The van der Waals surface area contributed by atoms with E-state index in [1.54, 1.807) is 23.1 Å². The summed E-state index contributed by atoms with van der Waals surface area (Å²) in [5.74, 6) is 0.771. The minimum absolute atomic E-state index is 0.340. The number of hydrogen-bond donors (Lipinski definition) is 1. The highest BCUT2D eigenvalue weighted by molar-refractivity contribution is 9.10. The number of rotatable bonds is 4. The van der Waals surface area contributed by atoms with E-state index in [4.69, 9.17) is 0 Å². The molecule has 0 amide bonds. The van der Waals surface area contributed by atoms with Gasteiger partial charge in [-0.3, -0.25) is 0 Å². The lowest BCUT2D eigenvalue weighted by Gasteiger charge is -2.11. The number of thiophene rings is 1. The molecule has 0 aliphatic carbocycles. The van der Waals surface area contributed by atoms with E-state index in [0.29, 0.717) is 5.25 Å². The monoisotopic (exact) mass is 280 g/mol. The van der Waals surface area contributed by atoms with Crippen LogP contribution < -0.4 is 0 Å². The van der Waals surface area contributed by atoms with Crippen molar-refractivity contribution in [1.82, 2.24) is 0 Å². The van der Waals surface area contributed by atoms with Crippen molar-refractivity contribution in [2.75, 3.05) is 5.75 Å². The maximum absolute atomic E-state index is 9.79. The molecule has 1 rings (SSSR count). The molecule has 0 aliphatic heterocycles. The normalized spacial score (nSPS) is 13.6. The molecule has 0 aromatic carbocycles. The van der Waals surface area contributed by atoms with Gasteiger partial charge in [-0.1, -0.05) is 13.8 Å². The van der Waals surface area contributed by atoms with Crippen LogP contribution in [0.4, 0.5) is 0 Å². The van der Waals surface area contributed by atoms with Gasteiger partial charge in [-0.15, -0.1) is 0 Å². The third kappa shape index (κ3) is 3.62. The van der Waals surface area contributed by atoms with Crippen LogP contribution in [0.15, 0.2) is 15.2 Å². The number of thioether (sulfide) groups is 1. The van der Waals surface area contributed by atoms with Crippen LogP contribution in [0.3, 0.4) is 0 Å². The summed E-state index contributed by atoms with van der Waals surface area (Å²) in [4.78, 5) is 0. The molecule has 0 saturated carbocycles. The van der Waals surface area contributed by atoms with Gasteiger partial charge in [0, 0.05) is 21.2 Å². The van der Waals surface area contributed by atoms with Gasteiger partial charge in [-0.05, 0) is 26.6 Å². The molecule has 1 aromatic rings. The van der Waals surface area contributed by atoms with Crippen molar-refractivity contribution in [3.8, 4) is 0 Å². The molecule has 74 valence electrons. The number of aliphatic hydroxyl groups excluding tert-OH is 1. The second kappa shape index (κ2) is 5.39. The molecular weight excluding hydrogens is 268 g/mol. The van der Waals surface area contributed by atoms with Gasteiger partial charge in [0.05, 0.1) is 6.10 Å². The van der Waals surface area contributed by atoms with Gasteiger partial charge in [0.25, 0.3) is 0 Å². The Labute approximate surface area is 95.7 Å². The van der Waals surface area contributed by atoms with Crippen molar-refractivity contribution in [3.05, 3.63) is 20.8 Å². The highest BCUT2D eigenvalue weighted by atomic mass is 79.9. The van der Waals surface area contributed by atoms with E-state index in [1.165, 1.54) is 0 Å². The zero-order valence-electron chi connectivity index (χ0n) is 7.66. The van der Waals surface area contributed by atoms with Crippen molar-refractivity contribution in [3.63, 3.8) is 0 Å². The largest absolute Gasteiger partial charge is 0.387 e. The van der Waals surface area contributed by atoms with Crippen LogP contribution in [0.5, 0.6) is 0 Å². The Balaban J connectivity index is 2.49. The first-order valence-electron chi connectivity index (χ1n) is 4.12. The third-order valence-electron chi connectivity index (χ3n) is 1.59. The van der Waals surface area contributed by atoms with Crippen molar-refractivity contribution in [2.45, 2.75) is 25.2 Å². The summed E-state index contributed by atoms with van der Waals surface area (Å²) in [6.45, 7) is 4.28. The highest BCUT2D eigenvalue weighted by Crippen LogP contribution is 2.29. The van der Waals surface area contributed by atoms with Gasteiger partial charge >= 0.3 is 0 Å². The number of halogens is 1. The Hall–Kier alpha value is 0.490. The lowest BCUT2D eigenvalue weighted by Crippen LogP contribution is -2.02. The molecule has 1 nitrogen and oxygen atoms in total. The molecule has 0 radical (unpaired) electrons. The van der Waals surface area contributed by atoms with E-state index < -0.39 is 0 Å². The van der Waals surface area contributed by atoms with E-state index in [2.05, 4.69) is 29.8 Å². The fourth-order valence-electron chi connectivity index (χ4n) is 0.902. The molecule has 0 spiro atoms. The minimum atomic E-state index is -0.340. The van der Waals surface area contributed by atoms with Crippen molar-refractivity contribution in [1.29, 1.82) is 0 Å². The fraction of sp³-hybridized carbons (Fsp3) is 0.556. The fourth-order valence-corrected chi connectivity index (χ4v) is 3.26. The maximum atomic E-state index is 9.79. The second-order valence-electron chi connectivity index (χ2n) is 3.07. The van der Waals surface area contributed by atoms with E-state index >= 15 is 0 Å².